The molecule has 2 aromatic carbocycles. The number of rotatable bonds is 5. The number of carbonyl (C=O) groups excluding carboxylic acids is 1. The van der Waals surface area contributed by atoms with E-state index in [0.29, 0.717) is 28.2 Å². The van der Waals surface area contributed by atoms with Crippen LogP contribution < -0.4 is 14.9 Å². The summed E-state index contributed by atoms with van der Waals surface area (Å²) in [6, 6.07) is 14.0. The SMILES string of the molecule is Cc1oc2cc(OCC(=O)N3CCSCC3)ccc2c(=O)c1Oc1ccccc1. The van der Waals surface area contributed by atoms with Gasteiger partial charge in [0.25, 0.3) is 5.91 Å². The molecular weight excluding hydrogens is 390 g/mol. The number of ether oxygens (including phenoxy) is 2. The van der Waals surface area contributed by atoms with Crippen molar-refractivity contribution in [3.63, 3.8) is 0 Å². The number of aryl methyl sites for hydroxylation is 1. The van der Waals surface area contributed by atoms with E-state index in [9.17, 15) is 9.59 Å². The van der Waals surface area contributed by atoms with Gasteiger partial charge < -0.3 is 18.8 Å². The number of thioether (sulfide) groups is 1. The summed E-state index contributed by atoms with van der Waals surface area (Å²) in [6.07, 6.45) is 0. The molecule has 0 aliphatic carbocycles. The topological polar surface area (TPSA) is 69.0 Å². The molecule has 1 aliphatic rings. The Morgan fingerprint density at radius 2 is 1.86 bits per heavy atom. The molecule has 1 amide bonds. The zero-order chi connectivity index (χ0) is 20.2. The third kappa shape index (κ3) is 4.40. The molecule has 0 radical (unpaired) electrons. The van der Waals surface area contributed by atoms with Gasteiger partial charge in [-0.25, -0.2) is 0 Å². The van der Waals surface area contributed by atoms with Crippen molar-refractivity contribution in [3.8, 4) is 17.2 Å². The van der Waals surface area contributed by atoms with Crippen molar-refractivity contribution in [2.75, 3.05) is 31.2 Å². The maximum Gasteiger partial charge on any atom is 0.260 e. The van der Waals surface area contributed by atoms with Gasteiger partial charge in [-0.05, 0) is 31.2 Å². The first-order chi connectivity index (χ1) is 14.1. The first kappa shape index (κ1) is 19.4. The molecule has 1 saturated heterocycles. The predicted octanol–water partition coefficient (Wildman–Crippen LogP) is 3.85. The van der Waals surface area contributed by atoms with Crippen molar-refractivity contribution >= 4 is 28.6 Å². The zero-order valence-electron chi connectivity index (χ0n) is 16.1. The maximum atomic E-state index is 12.8. The van der Waals surface area contributed by atoms with Crippen molar-refractivity contribution in [3.05, 3.63) is 64.5 Å². The molecule has 1 fully saturated rings. The van der Waals surface area contributed by atoms with Crippen LogP contribution in [0.4, 0.5) is 0 Å². The van der Waals surface area contributed by atoms with Crippen molar-refractivity contribution < 1.29 is 18.7 Å². The minimum Gasteiger partial charge on any atom is -0.484 e. The third-order valence-electron chi connectivity index (χ3n) is 4.68. The number of nitrogens with zero attached hydrogens (tertiary/aromatic N) is 1. The second kappa shape index (κ2) is 8.61. The van der Waals surface area contributed by atoms with Crippen LogP contribution in [0.5, 0.6) is 17.2 Å². The Labute approximate surface area is 172 Å². The molecule has 3 aromatic rings. The van der Waals surface area contributed by atoms with Gasteiger partial charge >= 0.3 is 0 Å². The first-order valence-corrected chi connectivity index (χ1v) is 10.6. The lowest BCUT2D eigenvalue weighted by atomic mass is 10.2. The Hall–Kier alpha value is -2.93. The quantitative estimate of drug-likeness (QED) is 0.635. The van der Waals surface area contributed by atoms with E-state index in [1.807, 2.05) is 34.9 Å². The number of amides is 1. The monoisotopic (exact) mass is 411 g/mol. The van der Waals surface area contributed by atoms with Gasteiger partial charge in [0.2, 0.25) is 11.2 Å². The molecule has 2 heterocycles. The van der Waals surface area contributed by atoms with Crippen LogP contribution in [-0.4, -0.2) is 42.0 Å². The van der Waals surface area contributed by atoms with Crippen molar-refractivity contribution in [2.24, 2.45) is 0 Å². The van der Waals surface area contributed by atoms with Crippen molar-refractivity contribution in [2.45, 2.75) is 6.92 Å². The molecule has 0 atom stereocenters. The molecule has 150 valence electrons. The molecule has 0 N–H and O–H groups in total. The van der Waals surface area contributed by atoms with Crippen molar-refractivity contribution in [1.29, 1.82) is 0 Å². The Kier molecular flexibility index (Phi) is 5.76. The van der Waals surface area contributed by atoms with E-state index in [0.717, 1.165) is 24.6 Å². The molecule has 29 heavy (non-hydrogen) atoms. The second-order valence-electron chi connectivity index (χ2n) is 6.67. The number of hydrogen-bond donors (Lipinski definition) is 0. The molecule has 0 saturated carbocycles. The summed E-state index contributed by atoms with van der Waals surface area (Å²) in [5.41, 5.74) is 0.147. The Morgan fingerprint density at radius 1 is 1.10 bits per heavy atom. The highest BCUT2D eigenvalue weighted by Crippen LogP contribution is 2.27. The Morgan fingerprint density at radius 3 is 2.62 bits per heavy atom. The summed E-state index contributed by atoms with van der Waals surface area (Å²) in [5.74, 6) is 3.47. The van der Waals surface area contributed by atoms with Crippen LogP contribution in [0, 0.1) is 6.92 Å². The van der Waals surface area contributed by atoms with E-state index >= 15 is 0 Å². The van der Waals surface area contributed by atoms with Crippen LogP contribution in [0.15, 0.2) is 57.7 Å². The second-order valence-corrected chi connectivity index (χ2v) is 7.90. The van der Waals surface area contributed by atoms with E-state index in [2.05, 4.69) is 0 Å². The lowest BCUT2D eigenvalue weighted by Crippen LogP contribution is -2.40. The van der Waals surface area contributed by atoms with E-state index in [1.54, 1.807) is 37.3 Å². The maximum absolute atomic E-state index is 12.8. The van der Waals surface area contributed by atoms with Crippen LogP contribution in [0.3, 0.4) is 0 Å². The van der Waals surface area contributed by atoms with Gasteiger partial charge in [-0.2, -0.15) is 11.8 Å². The molecule has 1 aliphatic heterocycles. The highest BCUT2D eigenvalue weighted by Gasteiger charge is 2.18. The van der Waals surface area contributed by atoms with Crippen LogP contribution in [0.2, 0.25) is 0 Å². The van der Waals surface area contributed by atoms with E-state index in [-0.39, 0.29) is 23.7 Å². The van der Waals surface area contributed by atoms with Gasteiger partial charge in [0, 0.05) is 30.7 Å². The summed E-state index contributed by atoms with van der Waals surface area (Å²) in [5, 5.41) is 0.397. The fourth-order valence-electron chi connectivity index (χ4n) is 3.13. The molecule has 4 rings (SSSR count). The molecule has 1 aromatic heterocycles. The average Bonchev–Trinajstić information content (AvgIpc) is 2.76. The highest BCUT2D eigenvalue weighted by molar-refractivity contribution is 7.99. The summed E-state index contributed by atoms with van der Waals surface area (Å²) >= 11 is 1.85. The largest absolute Gasteiger partial charge is 0.484 e. The summed E-state index contributed by atoms with van der Waals surface area (Å²) in [7, 11) is 0. The van der Waals surface area contributed by atoms with E-state index in [4.69, 9.17) is 13.9 Å². The summed E-state index contributed by atoms with van der Waals surface area (Å²) in [4.78, 5) is 26.9. The van der Waals surface area contributed by atoms with Gasteiger partial charge in [0.05, 0.1) is 5.39 Å². The van der Waals surface area contributed by atoms with E-state index in [1.165, 1.54) is 0 Å². The molecular formula is C22H21NO5S. The Balaban J connectivity index is 1.53. The molecule has 0 unspecified atom stereocenters. The van der Waals surface area contributed by atoms with Crippen LogP contribution in [0.25, 0.3) is 11.0 Å². The fourth-order valence-corrected chi connectivity index (χ4v) is 4.03. The number of carbonyl (C=O) groups is 1. The number of hydrogen-bond acceptors (Lipinski definition) is 6. The lowest BCUT2D eigenvalue weighted by molar-refractivity contribution is -0.132. The van der Waals surface area contributed by atoms with Gasteiger partial charge in [0.15, 0.2) is 6.61 Å². The van der Waals surface area contributed by atoms with E-state index < -0.39 is 0 Å². The van der Waals surface area contributed by atoms with Gasteiger partial charge in [0.1, 0.15) is 22.8 Å². The normalized spacial score (nSPS) is 14.0. The zero-order valence-corrected chi connectivity index (χ0v) is 16.9. The molecule has 6 nitrogen and oxygen atoms in total. The number of para-hydroxylation sites is 1. The molecule has 0 bridgehead atoms. The lowest BCUT2D eigenvalue weighted by Gasteiger charge is -2.26. The van der Waals surface area contributed by atoms with Crippen LogP contribution in [-0.2, 0) is 4.79 Å². The summed E-state index contributed by atoms with van der Waals surface area (Å²) in [6.45, 7) is 3.16. The van der Waals surface area contributed by atoms with Crippen LogP contribution in [0.1, 0.15) is 5.76 Å². The first-order valence-electron chi connectivity index (χ1n) is 9.40. The molecule has 7 heteroatoms. The van der Waals surface area contributed by atoms with Crippen LogP contribution >= 0.6 is 11.8 Å². The van der Waals surface area contributed by atoms with Gasteiger partial charge in [-0.1, -0.05) is 18.2 Å². The minimum absolute atomic E-state index is 0.0327. The highest BCUT2D eigenvalue weighted by atomic mass is 32.2. The van der Waals surface area contributed by atoms with Gasteiger partial charge in [-0.3, -0.25) is 9.59 Å². The predicted molar refractivity (Wildman–Crippen MR) is 113 cm³/mol. The number of fused-ring (bicyclic) bond motifs is 1. The minimum atomic E-state index is -0.249. The summed E-state index contributed by atoms with van der Waals surface area (Å²) < 4.78 is 17.2. The standard InChI is InChI=1S/C22H21NO5S/c1-15-22(28-16-5-3-2-4-6-16)21(25)18-8-7-17(13-19(18)27-15)26-14-20(24)23-9-11-29-12-10-23/h2-8,13H,9-12,14H2,1H3. The smallest absolute Gasteiger partial charge is 0.260 e. The molecule has 0 spiro atoms. The van der Waals surface area contributed by atoms with Crippen molar-refractivity contribution in [1.82, 2.24) is 4.90 Å². The Bertz CT molecular complexity index is 1070. The third-order valence-corrected chi connectivity index (χ3v) is 5.62. The number of benzene rings is 2. The van der Waals surface area contributed by atoms with Gasteiger partial charge in [-0.15, -0.1) is 0 Å². The average molecular weight is 411 g/mol. The fraction of sp³-hybridized carbons (Fsp3) is 0.273.